The van der Waals surface area contributed by atoms with Gasteiger partial charge < -0.3 is 0 Å². The molecule has 0 aliphatic heterocycles. The van der Waals surface area contributed by atoms with E-state index in [9.17, 15) is 13.2 Å². The summed E-state index contributed by atoms with van der Waals surface area (Å²) in [7, 11) is 0. The molecule has 18 heavy (non-hydrogen) atoms. The minimum absolute atomic E-state index is 0.00585. The molecule has 1 nitrogen and oxygen atoms in total. The molecule has 1 heterocycles. The van der Waals surface area contributed by atoms with E-state index < -0.39 is 11.7 Å². The van der Waals surface area contributed by atoms with Crippen LogP contribution in [0.15, 0.2) is 36.5 Å². The second-order valence-electron chi connectivity index (χ2n) is 3.92. The summed E-state index contributed by atoms with van der Waals surface area (Å²) in [5, 5.41) is -0.00585. The summed E-state index contributed by atoms with van der Waals surface area (Å²) >= 11 is 5.85. The molecule has 0 unspecified atom stereocenters. The minimum Gasteiger partial charge on any atom is -0.254 e. The Morgan fingerprint density at radius 2 is 1.72 bits per heavy atom. The summed E-state index contributed by atoms with van der Waals surface area (Å²) in [5.41, 5.74) is 1.26. The van der Waals surface area contributed by atoms with Crippen molar-refractivity contribution in [2.75, 3.05) is 0 Å². The van der Waals surface area contributed by atoms with Gasteiger partial charge in [-0.25, -0.2) is 0 Å². The molecule has 2 aromatic rings. The number of alkyl halides is 3. The highest BCUT2D eigenvalue weighted by atomic mass is 35.5. The first-order chi connectivity index (χ1) is 8.38. The summed E-state index contributed by atoms with van der Waals surface area (Å²) in [4.78, 5) is 3.79. The predicted molar refractivity (Wildman–Crippen MR) is 64.4 cm³/mol. The molecule has 1 aromatic carbocycles. The molecule has 0 N–H and O–H groups in total. The molecule has 0 saturated heterocycles. The third-order valence-corrected chi connectivity index (χ3v) is 2.78. The topological polar surface area (TPSA) is 12.9 Å². The third-order valence-electron chi connectivity index (χ3n) is 2.49. The van der Waals surface area contributed by atoms with Crippen molar-refractivity contribution in [2.24, 2.45) is 0 Å². The number of benzene rings is 1. The van der Waals surface area contributed by atoms with Crippen molar-refractivity contribution in [3.63, 3.8) is 0 Å². The minimum atomic E-state index is -4.43. The van der Waals surface area contributed by atoms with Gasteiger partial charge in [-0.3, -0.25) is 4.98 Å². The molecule has 0 bridgehead atoms. The smallest absolute Gasteiger partial charge is 0.254 e. The molecule has 0 fully saturated rings. The molecule has 5 heteroatoms. The molecule has 0 atom stereocenters. The van der Waals surface area contributed by atoms with Gasteiger partial charge >= 0.3 is 6.18 Å². The Kier molecular flexibility index (Phi) is 3.30. The van der Waals surface area contributed by atoms with Crippen molar-refractivity contribution in [1.29, 1.82) is 0 Å². The maximum atomic E-state index is 12.5. The molecular weight excluding hydrogens is 263 g/mol. The van der Waals surface area contributed by atoms with Gasteiger partial charge in [-0.1, -0.05) is 41.4 Å². The maximum Gasteiger partial charge on any atom is 0.417 e. The SMILES string of the molecule is Cc1ccc(-c2ncc(C(F)(F)F)cc2Cl)cc1. The molecule has 0 amide bonds. The fourth-order valence-electron chi connectivity index (χ4n) is 1.52. The quantitative estimate of drug-likeness (QED) is 0.731. The van der Waals surface area contributed by atoms with E-state index in [-0.39, 0.29) is 5.02 Å². The Balaban J connectivity index is 2.45. The number of hydrogen-bond donors (Lipinski definition) is 0. The predicted octanol–water partition coefficient (Wildman–Crippen LogP) is 4.73. The monoisotopic (exact) mass is 271 g/mol. The Hall–Kier alpha value is -1.55. The highest BCUT2D eigenvalue weighted by Gasteiger charge is 2.31. The summed E-state index contributed by atoms with van der Waals surface area (Å²) in [6, 6.07) is 8.15. The van der Waals surface area contributed by atoms with Crippen LogP contribution in [0.4, 0.5) is 13.2 Å². The number of rotatable bonds is 1. The summed E-state index contributed by atoms with van der Waals surface area (Å²) in [6.45, 7) is 1.92. The zero-order valence-corrected chi connectivity index (χ0v) is 10.2. The summed E-state index contributed by atoms with van der Waals surface area (Å²) in [6.07, 6.45) is -3.64. The fraction of sp³-hybridized carbons (Fsp3) is 0.154. The number of aromatic nitrogens is 1. The van der Waals surface area contributed by atoms with Crippen LogP contribution >= 0.6 is 11.6 Å². The van der Waals surface area contributed by atoms with Crippen LogP contribution in [0.2, 0.25) is 5.02 Å². The van der Waals surface area contributed by atoms with E-state index in [1.165, 1.54) is 0 Å². The van der Waals surface area contributed by atoms with Crippen LogP contribution in [-0.2, 0) is 6.18 Å². The standard InChI is InChI=1S/C13H9ClF3N/c1-8-2-4-9(5-3-8)12-11(14)6-10(7-18-12)13(15,16)17/h2-7H,1H3. The van der Waals surface area contributed by atoms with E-state index in [2.05, 4.69) is 4.98 Å². The Labute approximate surface area is 107 Å². The van der Waals surface area contributed by atoms with Gasteiger partial charge in [0, 0.05) is 11.8 Å². The second kappa shape index (κ2) is 4.61. The van der Waals surface area contributed by atoms with Gasteiger partial charge in [0.15, 0.2) is 0 Å². The molecule has 1 aromatic heterocycles. The van der Waals surface area contributed by atoms with Crippen molar-refractivity contribution >= 4 is 11.6 Å². The molecule has 94 valence electrons. The Morgan fingerprint density at radius 3 is 2.22 bits per heavy atom. The molecule has 0 aliphatic rings. The highest BCUT2D eigenvalue weighted by molar-refractivity contribution is 6.33. The fourth-order valence-corrected chi connectivity index (χ4v) is 1.79. The molecular formula is C13H9ClF3N. The van der Waals surface area contributed by atoms with Gasteiger partial charge in [-0.05, 0) is 13.0 Å². The average molecular weight is 272 g/mol. The van der Waals surface area contributed by atoms with E-state index in [1.807, 2.05) is 19.1 Å². The van der Waals surface area contributed by atoms with Crippen LogP contribution in [0, 0.1) is 6.92 Å². The van der Waals surface area contributed by atoms with Crippen molar-refractivity contribution in [1.82, 2.24) is 4.98 Å². The normalized spacial score (nSPS) is 11.6. The lowest BCUT2D eigenvalue weighted by molar-refractivity contribution is -0.137. The lowest BCUT2D eigenvalue weighted by Crippen LogP contribution is -2.05. The van der Waals surface area contributed by atoms with Crippen LogP contribution in [0.1, 0.15) is 11.1 Å². The van der Waals surface area contributed by atoms with Crippen molar-refractivity contribution in [2.45, 2.75) is 13.1 Å². The van der Waals surface area contributed by atoms with Crippen molar-refractivity contribution < 1.29 is 13.2 Å². The average Bonchev–Trinajstić information content (AvgIpc) is 2.29. The largest absolute Gasteiger partial charge is 0.417 e. The van der Waals surface area contributed by atoms with Crippen molar-refractivity contribution in [3.05, 3.63) is 52.7 Å². The van der Waals surface area contributed by atoms with Gasteiger partial charge in [0.2, 0.25) is 0 Å². The number of pyridine rings is 1. The maximum absolute atomic E-state index is 12.5. The zero-order valence-electron chi connectivity index (χ0n) is 9.42. The lowest BCUT2D eigenvalue weighted by atomic mass is 10.1. The Morgan fingerprint density at radius 1 is 1.11 bits per heavy atom. The summed E-state index contributed by atoms with van der Waals surface area (Å²) < 4.78 is 37.4. The highest BCUT2D eigenvalue weighted by Crippen LogP contribution is 2.33. The van der Waals surface area contributed by atoms with E-state index in [0.29, 0.717) is 11.3 Å². The zero-order chi connectivity index (χ0) is 13.3. The van der Waals surface area contributed by atoms with E-state index in [0.717, 1.165) is 17.8 Å². The van der Waals surface area contributed by atoms with Crippen LogP contribution in [-0.4, -0.2) is 4.98 Å². The van der Waals surface area contributed by atoms with Gasteiger partial charge in [0.05, 0.1) is 16.3 Å². The van der Waals surface area contributed by atoms with Crippen LogP contribution in [0.3, 0.4) is 0 Å². The molecule has 0 saturated carbocycles. The van der Waals surface area contributed by atoms with Crippen LogP contribution in [0.25, 0.3) is 11.3 Å². The number of hydrogen-bond acceptors (Lipinski definition) is 1. The first-order valence-electron chi connectivity index (χ1n) is 5.18. The lowest BCUT2D eigenvalue weighted by Gasteiger charge is -2.09. The molecule has 0 radical (unpaired) electrons. The van der Waals surface area contributed by atoms with Gasteiger partial charge in [0.1, 0.15) is 0 Å². The molecule has 2 rings (SSSR count). The first-order valence-corrected chi connectivity index (χ1v) is 5.55. The van der Waals surface area contributed by atoms with E-state index in [1.54, 1.807) is 12.1 Å². The van der Waals surface area contributed by atoms with E-state index >= 15 is 0 Å². The van der Waals surface area contributed by atoms with E-state index in [4.69, 9.17) is 11.6 Å². The van der Waals surface area contributed by atoms with Crippen molar-refractivity contribution in [3.8, 4) is 11.3 Å². The first kappa shape index (κ1) is 12.9. The second-order valence-corrected chi connectivity index (χ2v) is 4.33. The summed E-state index contributed by atoms with van der Waals surface area (Å²) in [5.74, 6) is 0. The molecule has 0 aliphatic carbocycles. The number of aryl methyl sites for hydroxylation is 1. The number of nitrogens with zero attached hydrogens (tertiary/aromatic N) is 1. The van der Waals surface area contributed by atoms with Gasteiger partial charge in [0.25, 0.3) is 0 Å². The van der Waals surface area contributed by atoms with Crippen LogP contribution in [0.5, 0.6) is 0 Å². The Bertz CT molecular complexity index is 561. The van der Waals surface area contributed by atoms with Gasteiger partial charge in [-0.15, -0.1) is 0 Å². The van der Waals surface area contributed by atoms with Crippen LogP contribution < -0.4 is 0 Å². The third kappa shape index (κ3) is 2.64. The van der Waals surface area contributed by atoms with Gasteiger partial charge in [-0.2, -0.15) is 13.2 Å². The number of halogens is 4. The molecule has 0 spiro atoms.